The van der Waals surface area contributed by atoms with E-state index in [1.807, 2.05) is 12.1 Å². The van der Waals surface area contributed by atoms with Gasteiger partial charge in [0.05, 0.1) is 10.5 Å². The molecule has 0 radical (unpaired) electrons. The number of aryl methyl sites for hydroxylation is 1. The summed E-state index contributed by atoms with van der Waals surface area (Å²) in [5.74, 6) is 0. The first-order valence-corrected chi connectivity index (χ1v) is 5.30. The van der Waals surface area contributed by atoms with Gasteiger partial charge in [-0.05, 0) is 18.6 Å². The van der Waals surface area contributed by atoms with Crippen molar-refractivity contribution in [3.8, 4) is 0 Å². The van der Waals surface area contributed by atoms with Crippen LogP contribution in [0.25, 0.3) is 21.8 Å². The molecule has 0 saturated heterocycles. The van der Waals surface area contributed by atoms with Crippen molar-refractivity contribution in [2.75, 3.05) is 0 Å². The Morgan fingerprint density at radius 3 is 2.40 bits per heavy atom. The number of benzene rings is 2. The third-order valence-corrected chi connectivity index (χ3v) is 3.14. The van der Waals surface area contributed by atoms with Crippen molar-refractivity contribution in [1.29, 1.82) is 0 Å². The van der Waals surface area contributed by atoms with E-state index in [1.165, 1.54) is 21.9 Å². The molecule has 0 spiro atoms. The highest BCUT2D eigenvalue weighted by molar-refractivity contribution is 6.36. The van der Waals surface area contributed by atoms with Gasteiger partial charge in [-0.2, -0.15) is 0 Å². The topological polar surface area (TPSA) is 15.8 Å². The van der Waals surface area contributed by atoms with E-state index in [0.29, 0.717) is 0 Å². The van der Waals surface area contributed by atoms with Crippen LogP contribution < -0.4 is 0 Å². The summed E-state index contributed by atoms with van der Waals surface area (Å²) in [6.45, 7) is 2.10. The number of rotatable bonds is 0. The van der Waals surface area contributed by atoms with E-state index in [1.54, 1.807) is 0 Å². The molecule has 1 aromatic heterocycles. The van der Waals surface area contributed by atoms with Crippen molar-refractivity contribution in [2.24, 2.45) is 0 Å². The van der Waals surface area contributed by atoms with Crippen molar-refractivity contribution in [2.45, 2.75) is 6.92 Å². The zero-order chi connectivity index (χ0) is 10.4. The second-order valence-electron chi connectivity index (χ2n) is 3.78. The molecule has 0 amide bonds. The van der Waals surface area contributed by atoms with Crippen LogP contribution >= 0.6 is 11.6 Å². The van der Waals surface area contributed by atoms with Gasteiger partial charge >= 0.3 is 0 Å². The normalized spacial score (nSPS) is 11.3. The highest BCUT2D eigenvalue weighted by atomic mass is 35.5. The third kappa shape index (κ3) is 1.17. The zero-order valence-corrected chi connectivity index (χ0v) is 9.10. The predicted molar refractivity (Wildman–Crippen MR) is 65.6 cm³/mol. The van der Waals surface area contributed by atoms with Gasteiger partial charge in [0, 0.05) is 16.3 Å². The number of hydrogen-bond acceptors (Lipinski definition) is 0. The number of nitrogens with one attached hydrogen (secondary N) is 1. The standard InChI is InChI=1S/C13H10ClN/c1-8-4-2-5-9-10-6-3-7-11(14)13(10)15-12(8)9/h2-7,15H,1H3. The van der Waals surface area contributed by atoms with Crippen molar-refractivity contribution in [3.05, 3.63) is 47.0 Å². The monoisotopic (exact) mass is 215 g/mol. The van der Waals surface area contributed by atoms with Gasteiger partial charge in [-0.25, -0.2) is 0 Å². The Kier molecular flexibility index (Phi) is 1.77. The molecule has 1 heterocycles. The largest absolute Gasteiger partial charge is 0.353 e. The van der Waals surface area contributed by atoms with Crippen LogP contribution in [-0.2, 0) is 0 Å². The van der Waals surface area contributed by atoms with Crippen LogP contribution in [0.2, 0.25) is 5.02 Å². The Balaban J connectivity index is 2.63. The maximum Gasteiger partial charge on any atom is 0.0654 e. The molecular weight excluding hydrogens is 206 g/mol. The fraction of sp³-hybridized carbons (Fsp3) is 0.0769. The Morgan fingerprint density at radius 2 is 1.60 bits per heavy atom. The van der Waals surface area contributed by atoms with E-state index in [4.69, 9.17) is 11.6 Å². The van der Waals surface area contributed by atoms with Gasteiger partial charge in [-0.15, -0.1) is 0 Å². The first kappa shape index (κ1) is 8.81. The number of aromatic nitrogens is 1. The number of halogens is 1. The number of fused-ring (bicyclic) bond motifs is 3. The summed E-state index contributed by atoms with van der Waals surface area (Å²) < 4.78 is 0. The maximum atomic E-state index is 6.15. The molecule has 3 aromatic rings. The molecule has 0 saturated carbocycles. The van der Waals surface area contributed by atoms with Gasteiger partial charge in [-0.1, -0.05) is 41.9 Å². The van der Waals surface area contributed by atoms with Crippen LogP contribution in [0.3, 0.4) is 0 Å². The molecule has 0 aliphatic heterocycles. The molecule has 1 nitrogen and oxygen atoms in total. The van der Waals surface area contributed by atoms with Crippen molar-refractivity contribution in [3.63, 3.8) is 0 Å². The van der Waals surface area contributed by atoms with Crippen molar-refractivity contribution < 1.29 is 0 Å². The average molecular weight is 216 g/mol. The van der Waals surface area contributed by atoms with E-state index in [0.717, 1.165) is 10.5 Å². The van der Waals surface area contributed by atoms with E-state index in [-0.39, 0.29) is 0 Å². The van der Waals surface area contributed by atoms with E-state index in [9.17, 15) is 0 Å². The number of para-hydroxylation sites is 2. The lowest BCUT2D eigenvalue weighted by Crippen LogP contribution is -1.73. The van der Waals surface area contributed by atoms with Crippen LogP contribution in [0.4, 0.5) is 0 Å². The summed E-state index contributed by atoms with van der Waals surface area (Å²) in [5.41, 5.74) is 3.46. The molecule has 74 valence electrons. The van der Waals surface area contributed by atoms with Crippen molar-refractivity contribution in [1.82, 2.24) is 4.98 Å². The second kappa shape index (κ2) is 3.01. The Labute approximate surface area is 92.7 Å². The molecule has 1 N–H and O–H groups in total. The van der Waals surface area contributed by atoms with Crippen LogP contribution in [0, 0.1) is 6.92 Å². The maximum absolute atomic E-state index is 6.15. The number of H-pyrrole nitrogens is 1. The van der Waals surface area contributed by atoms with Crippen LogP contribution in [0.1, 0.15) is 5.56 Å². The lowest BCUT2D eigenvalue weighted by Gasteiger charge is -1.93. The zero-order valence-electron chi connectivity index (χ0n) is 8.34. The van der Waals surface area contributed by atoms with Crippen LogP contribution in [0.5, 0.6) is 0 Å². The average Bonchev–Trinajstić information content (AvgIpc) is 2.60. The molecule has 0 unspecified atom stereocenters. The first-order valence-electron chi connectivity index (χ1n) is 4.93. The minimum absolute atomic E-state index is 0.781. The summed E-state index contributed by atoms with van der Waals surface area (Å²) in [6.07, 6.45) is 0. The molecule has 0 aliphatic carbocycles. The first-order chi connectivity index (χ1) is 7.27. The lowest BCUT2D eigenvalue weighted by atomic mass is 10.1. The summed E-state index contributed by atoms with van der Waals surface area (Å²) in [4.78, 5) is 3.38. The lowest BCUT2D eigenvalue weighted by molar-refractivity contribution is 1.45. The summed E-state index contributed by atoms with van der Waals surface area (Å²) in [5, 5.41) is 3.22. The van der Waals surface area contributed by atoms with Gasteiger partial charge < -0.3 is 4.98 Å². The molecular formula is C13H10ClN. The summed E-state index contributed by atoms with van der Waals surface area (Å²) >= 11 is 6.15. The molecule has 0 bridgehead atoms. The number of aromatic amines is 1. The van der Waals surface area contributed by atoms with E-state index >= 15 is 0 Å². The highest BCUT2D eigenvalue weighted by Gasteiger charge is 2.07. The molecule has 0 aliphatic rings. The SMILES string of the molecule is Cc1cccc2c1[nH]c1c(Cl)cccc12. The Hall–Kier alpha value is -1.47. The van der Waals surface area contributed by atoms with Crippen LogP contribution in [-0.4, -0.2) is 4.98 Å². The van der Waals surface area contributed by atoms with Gasteiger partial charge in [0.25, 0.3) is 0 Å². The smallest absolute Gasteiger partial charge is 0.0654 e. The summed E-state index contributed by atoms with van der Waals surface area (Å²) in [6, 6.07) is 12.3. The molecule has 3 rings (SSSR count). The molecule has 15 heavy (non-hydrogen) atoms. The van der Waals surface area contributed by atoms with E-state index < -0.39 is 0 Å². The van der Waals surface area contributed by atoms with Gasteiger partial charge in [0.2, 0.25) is 0 Å². The van der Waals surface area contributed by atoms with Gasteiger partial charge in [0.15, 0.2) is 0 Å². The molecule has 0 fully saturated rings. The minimum atomic E-state index is 0.781. The van der Waals surface area contributed by atoms with E-state index in [2.05, 4.69) is 36.2 Å². The minimum Gasteiger partial charge on any atom is -0.353 e. The number of hydrogen-bond donors (Lipinski definition) is 1. The molecule has 2 heteroatoms. The Morgan fingerprint density at radius 1 is 0.933 bits per heavy atom. The molecule has 2 aromatic carbocycles. The van der Waals surface area contributed by atoms with Gasteiger partial charge in [0.1, 0.15) is 0 Å². The second-order valence-corrected chi connectivity index (χ2v) is 4.19. The highest BCUT2D eigenvalue weighted by Crippen LogP contribution is 2.31. The van der Waals surface area contributed by atoms with Crippen molar-refractivity contribution >= 4 is 33.4 Å². The quantitative estimate of drug-likeness (QED) is 0.576. The Bertz CT molecular complexity index is 596. The fourth-order valence-electron chi connectivity index (χ4n) is 2.06. The van der Waals surface area contributed by atoms with Crippen LogP contribution in [0.15, 0.2) is 36.4 Å². The third-order valence-electron chi connectivity index (χ3n) is 2.83. The van der Waals surface area contributed by atoms with Gasteiger partial charge in [-0.3, -0.25) is 0 Å². The molecule has 0 atom stereocenters. The predicted octanol–water partition coefficient (Wildman–Crippen LogP) is 4.28. The summed E-state index contributed by atoms with van der Waals surface area (Å²) in [7, 11) is 0. The fourth-order valence-corrected chi connectivity index (χ4v) is 2.28.